The molecule has 29 heavy (non-hydrogen) atoms. The van der Waals surface area contributed by atoms with Gasteiger partial charge in [-0.15, -0.1) is 24.0 Å². The van der Waals surface area contributed by atoms with Crippen LogP contribution in [0.15, 0.2) is 39.9 Å². The zero-order chi connectivity index (χ0) is 19.8. The molecule has 3 rings (SSSR count). The second kappa shape index (κ2) is 11.8. The van der Waals surface area contributed by atoms with Gasteiger partial charge in [-0.25, -0.2) is 0 Å². The Morgan fingerprint density at radius 1 is 1.10 bits per heavy atom. The lowest BCUT2D eigenvalue weighted by molar-refractivity contribution is 0.324. The Balaban J connectivity index is 0.00000300. The summed E-state index contributed by atoms with van der Waals surface area (Å²) >= 11 is 0. The second-order valence-electron chi connectivity index (χ2n) is 6.72. The van der Waals surface area contributed by atoms with Crippen molar-refractivity contribution in [3.05, 3.63) is 36.3 Å². The summed E-state index contributed by atoms with van der Waals surface area (Å²) in [4.78, 5) is 4.73. The number of aliphatic imine (C=N–C) groups is 1. The van der Waals surface area contributed by atoms with Crippen LogP contribution in [0.25, 0.3) is 0 Å². The van der Waals surface area contributed by atoms with Crippen LogP contribution in [0.5, 0.6) is 17.2 Å². The molecule has 7 nitrogen and oxygen atoms in total. The Hall–Kier alpha value is -2.10. The predicted molar refractivity (Wildman–Crippen MR) is 125 cm³/mol. The van der Waals surface area contributed by atoms with Crippen LogP contribution in [0.2, 0.25) is 0 Å². The Morgan fingerprint density at radius 3 is 2.34 bits per heavy atom. The van der Waals surface area contributed by atoms with Gasteiger partial charge in [0.25, 0.3) is 0 Å². The zero-order valence-corrected chi connectivity index (χ0v) is 19.5. The number of nitrogens with one attached hydrogen (secondary N) is 2. The maximum Gasteiger partial charge on any atom is 0.203 e. The van der Waals surface area contributed by atoms with Crippen LogP contribution >= 0.6 is 24.0 Å². The third-order valence-corrected chi connectivity index (χ3v) is 4.83. The van der Waals surface area contributed by atoms with Gasteiger partial charge in [0.1, 0.15) is 5.76 Å². The molecule has 1 aromatic heterocycles. The highest BCUT2D eigenvalue weighted by Crippen LogP contribution is 2.39. The number of ether oxygens (including phenoxy) is 3. The van der Waals surface area contributed by atoms with E-state index in [0.29, 0.717) is 29.8 Å². The summed E-state index contributed by atoms with van der Waals surface area (Å²) < 4.78 is 21.7. The summed E-state index contributed by atoms with van der Waals surface area (Å²) in [5.74, 6) is 3.43. The first-order valence-corrected chi connectivity index (χ1v) is 9.64. The molecular weight excluding hydrogens is 485 g/mol. The minimum atomic E-state index is 0. The summed E-state index contributed by atoms with van der Waals surface area (Å²) in [5, 5.41) is 6.92. The van der Waals surface area contributed by atoms with Gasteiger partial charge in [-0.1, -0.05) is 12.8 Å². The van der Waals surface area contributed by atoms with E-state index in [9.17, 15) is 0 Å². The van der Waals surface area contributed by atoms with Crippen molar-refractivity contribution in [2.24, 2.45) is 4.99 Å². The number of guanidine groups is 1. The number of hydrogen-bond donors (Lipinski definition) is 2. The van der Waals surface area contributed by atoms with Crippen LogP contribution in [0.3, 0.4) is 0 Å². The Labute approximate surface area is 189 Å². The fourth-order valence-corrected chi connectivity index (χ4v) is 3.41. The van der Waals surface area contributed by atoms with Crippen molar-refractivity contribution in [3.63, 3.8) is 0 Å². The summed E-state index contributed by atoms with van der Waals surface area (Å²) in [6.45, 7) is 0.625. The normalized spacial score (nSPS) is 14.2. The molecule has 1 aliphatic carbocycles. The van der Waals surface area contributed by atoms with Gasteiger partial charge in [0.15, 0.2) is 17.5 Å². The fourth-order valence-electron chi connectivity index (χ4n) is 3.41. The molecular formula is C21H30IN3O4. The van der Waals surface area contributed by atoms with Crippen LogP contribution in [0.4, 0.5) is 5.69 Å². The number of nitrogens with zero attached hydrogens (tertiary/aromatic N) is 1. The molecule has 1 fully saturated rings. The lowest BCUT2D eigenvalue weighted by atomic mass is 10.2. The highest BCUT2D eigenvalue weighted by molar-refractivity contribution is 14.0. The van der Waals surface area contributed by atoms with Crippen LogP contribution in [-0.4, -0.2) is 39.9 Å². The first kappa shape index (κ1) is 23.2. The minimum Gasteiger partial charge on any atom is -0.493 e. The van der Waals surface area contributed by atoms with E-state index < -0.39 is 0 Å². The molecule has 0 atom stereocenters. The number of benzene rings is 1. The number of methoxy groups -OCH3 is 3. The second-order valence-corrected chi connectivity index (χ2v) is 6.72. The van der Waals surface area contributed by atoms with Gasteiger partial charge in [-0.05, 0) is 25.0 Å². The predicted octanol–water partition coefficient (Wildman–Crippen LogP) is 4.47. The number of rotatable bonds is 8. The standard InChI is InChI=1S/C21H29N3O4.HI/c1-25-18-13-16(14-19(26-2)20(18)27-3)24-21(23-15-7-4-5-8-15)22-11-10-17-9-6-12-28-17;/h6,9,12-15H,4-5,7-8,10-11H2,1-3H3,(H2,22,23,24);1H. The van der Waals surface area contributed by atoms with Crippen molar-refractivity contribution in [1.82, 2.24) is 5.32 Å². The molecule has 8 heteroatoms. The third kappa shape index (κ3) is 6.45. The number of furan rings is 1. The largest absolute Gasteiger partial charge is 0.493 e. The minimum absolute atomic E-state index is 0. The monoisotopic (exact) mass is 515 g/mol. The average Bonchev–Trinajstić information content (AvgIpc) is 3.41. The van der Waals surface area contributed by atoms with Crippen molar-refractivity contribution >= 4 is 35.6 Å². The van der Waals surface area contributed by atoms with E-state index >= 15 is 0 Å². The van der Waals surface area contributed by atoms with E-state index in [0.717, 1.165) is 36.7 Å². The average molecular weight is 515 g/mol. The summed E-state index contributed by atoms with van der Waals surface area (Å²) in [6, 6.07) is 8.05. The van der Waals surface area contributed by atoms with Crippen molar-refractivity contribution in [3.8, 4) is 17.2 Å². The molecule has 0 spiro atoms. The quantitative estimate of drug-likeness (QED) is 0.307. The number of hydrogen-bond acceptors (Lipinski definition) is 5. The van der Waals surface area contributed by atoms with E-state index in [1.54, 1.807) is 27.6 Å². The van der Waals surface area contributed by atoms with Crippen molar-refractivity contribution in [1.29, 1.82) is 0 Å². The molecule has 1 aliphatic rings. The van der Waals surface area contributed by atoms with Crippen LogP contribution in [0, 0.1) is 0 Å². The molecule has 2 aromatic rings. The highest BCUT2D eigenvalue weighted by atomic mass is 127. The number of halogens is 1. The topological polar surface area (TPSA) is 77.2 Å². The summed E-state index contributed by atoms with van der Waals surface area (Å²) in [5.41, 5.74) is 0.816. The molecule has 2 N–H and O–H groups in total. The zero-order valence-electron chi connectivity index (χ0n) is 17.2. The highest BCUT2D eigenvalue weighted by Gasteiger charge is 2.18. The molecule has 1 heterocycles. The molecule has 0 aliphatic heterocycles. The molecule has 160 valence electrons. The first-order valence-electron chi connectivity index (χ1n) is 9.64. The maximum absolute atomic E-state index is 5.45. The lowest BCUT2D eigenvalue weighted by Gasteiger charge is -2.19. The summed E-state index contributed by atoms with van der Waals surface area (Å²) in [6.07, 6.45) is 7.26. The van der Waals surface area contributed by atoms with Gasteiger partial charge in [0, 0.05) is 36.8 Å². The van der Waals surface area contributed by atoms with Crippen LogP contribution < -0.4 is 24.8 Å². The summed E-state index contributed by atoms with van der Waals surface area (Å²) in [7, 11) is 4.81. The third-order valence-electron chi connectivity index (χ3n) is 4.83. The van der Waals surface area contributed by atoms with Gasteiger partial charge in [-0.2, -0.15) is 0 Å². The Bertz CT molecular complexity index is 749. The SMILES string of the molecule is COc1cc(NC(=NCCc2ccco2)NC2CCCC2)cc(OC)c1OC.I. The fraction of sp³-hybridized carbons (Fsp3) is 0.476. The molecule has 0 saturated heterocycles. The van der Waals surface area contributed by atoms with Gasteiger partial charge in [-0.3, -0.25) is 4.99 Å². The Morgan fingerprint density at radius 2 is 1.79 bits per heavy atom. The lowest BCUT2D eigenvalue weighted by Crippen LogP contribution is -2.38. The van der Waals surface area contributed by atoms with Gasteiger partial charge in [0.05, 0.1) is 27.6 Å². The van der Waals surface area contributed by atoms with Crippen LogP contribution in [0.1, 0.15) is 31.4 Å². The molecule has 1 saturated carbocycles. The van der Waals surface area contributed by atoms with Gasteiger partial charge in [0.2, 0.25) is 5.75 Å². The van der Waals surface area contributed by atoms with E-state index in [4.69, 9.17) is 23.6 Å². The van der Waals surface area contributed by atoms with Crippen LogP contribution in [-0.2, 0) is 6.42 Å². The van der Waals surface area contributed by atoms with E-state index in [2.05, 4.69) is 10.6 Å². The molecule has 0 amide bonds. The molecule has 1 aromatic carbocycles. The van der Waals surface area contributed by atoms with Crippen molar-refractivity contribution < 1.29 is 18.6 Å². The number of anilines is 1. The first-order chi connectivity index (χ1) is 13.7. The van der Waals surface area contributed by atoms with Crippen molar-refractivity contribution in [2.75, 3.05) is 33.2 Å². The molecule has 0 bridgehead atoms. The van der Waals surface area contributed by atoms with Gasteiger partial charge < -0.3 is 29.3 Å². The van der Waals surface area contributed by atoms with E-state index in [1.165, 1.54) is 12.8 Å². The Kier molecular flexibility index (Phi) is 9.43. The van der Waals surface area contributed by atoms with Crippen molar-refractivity contribution in [2.45, 2.75) is 38.1 Å². The van der Waals surface area contributed by atoms with E-state index in [-0.39, 0.29) is 24.0 Å². The van der Waals surface area contributed by atoms with Gasteiger partial charge >= 0.3 is 0 Å². The maximum atomic E-state index is 5.45. The smallest absolute Gasteiger partial charge is 0.203 e. The molecule has 0 unspecified atom stereocenters. The molecule has 0 radical (unpaired) electrons. The van der Waals surface area contributed by atoms with E-state index in [1.807, 2.05) is 24.3 Å².